The number of hydrogen-bond acceptors (Lipinski definition) is 6. The number of amides is 1. The van der Waals surface area contributed by atoms with Gasteiger partial charge in [0, 0.05) is 38.7 Å². The standard InChI is InChI=1S/C18H21N3O5.ClH/c1-20(2)18(22)26-16-7-3-13(4-8-16)17(19)11-12-25-15-9-5-14(6-10-15)21(23)24;/h3-10,17H,11-12,19H2,1-2H3;1H. The van der Waals surface area contributed by atoms with Gasteiger partial charge in [0.1, 0.15) is 11.5 Å². The van der Waals surface area contributed by atoms with Crippen LogP contribution in [0.2, 0.25) is 0 Å². The molecule has 0 heterocycles. The number of non-ortho nitro benzene ring substituents is 1. The number of halogens is 1. The van der Waals surface area contributed by atoms with Gasteiger partial charge in [-0.1, -0.05) is 12.1 Å². The number of carbonyl (C=O) groups is 1. The third kappa shape index (κ3) is 6.76. The molecular formula is C18H22ClN3O5. The molecule has 146 valence electrons. The highest BCUT2D eigenvalue weighted by Crippen LogP contribution is 2.21. The first kappa shape index (κ1) is 22.2. The maximum absolute atomic E-state index is 11.5. The van der Waals surface area contributed by atoms with Crippen LogP contribution in [-0.4, -0.2) is 36.6 Å². The van der Waals surface area contributed by atoms with E-state index < -0.39 is 11.0 Å². The van der Waals surface area contributed by atoms with Crippen LogP contribution in [0.25, 0.3) is 0 Å². The zero-order valence-corrected chi connectivity index (χ0v) is 15.8. The van der Waals surface area contributed by atoms with E-state index in [0.717, 1.165) is 5.56 Å². The van der Waals surface area contributed by atoms with Crippen LogP contribution in [0.4, 0.5) is 10.5 Å². The molecule has 2 N–H and O–H groups in total. The average molecular weight is 396 g/mol. The molecule has 2 rings (SSSR count). The van der Waals surface area contributed by atoms with Crippen molar-refractivity contribution in [2.24, 2.45) is 5.73 Å². The first-order valence-electron chi connectivity index (χ1n) is 7.98. The minimum atomic E-state index is -0.459. The lowest BCUT2D eigenvalue weighted by atomic mass is 10.1. The molecule has 27 heavy (non-hydrogen) atoms. The van der Waals surface area contributed by atoms with Crippen LogP contribution < -0.4 is 15.2 Å². The van der Waals surface area contributed by atoms with E-state index in [1.165, 1.54) is 17.0 Å². The molecule has 8 nitrogen and oxygen atoms in total. The minimum Gasteiger partial charge on any atom is -0.494 e. The molecule has 0 saturated carbocycles. The number of nitro benzene ring substituents is 1. The Morgan fingerprint density at radius 1 is 1.11 bits per heavy atom. The second-order valence-electron chi connectivity index (χ2n) is 5.83. The second-order valence-corrected chi connectivity index (χ2v) is 5.83. The van der Waals surface area contributed by atoms with Crippen molar-refractivity contribution in [2.75, 3.05) is 20.7 Å². The molecule has 9 heteroatoms. The Morgan fingerprint density at radius 3 is 2.19 bits per heavy atom. The van der Waals surface area contributed by atoms with Gasteiger partial charge in [-0.3, -0.25) is 10.1 Å². The molecule has 1 unspecified atom stereocenters. The fraction of sp³-hybridized carbons (Fsp3) is 0.278. The topological polar surface area (TPSA) is 108 Å². The highest BCUT2D eigenvalue weighted by atomic mass is 35.5. The van der Waals surface area contributed by atoms with Gasteiger partial charge in [-0.05, 0) is 29.8 Å². The first-order valence-corrected chi connectivity index (χ1v) is 7.98. The van der Waals surface area contributed by atoms with Gasteiger partial charge in [0.15, 0.2) is 0 Å². The van der Waals surface area contributed by atoms with E-state index in [4.69, 9.17) is 15.2 Å². The van der Waals surface area contributed by atoms with Crippen LogP contribution in [0.1, 0.15) is 18.0 Å². The van der Waals surface area contributed by atoms with Gasteiger partial charge in [-0.25, -0.2) is 4.79 Å². The highest BCUT2D eigenvalue weighted by Gasteiger charge is 2.10. The molecule has 0 fully saturated rings. The largest absolute Gasteiger partial charge is 0.494 e. The zero-order valence-electron chi connectivity index (χ0n) is 15.0. The lowest BCUT2D eigenvalue weighted by molar-refractivity contribution is -0.384. The third-order valence-corrected chi connectivity index (χ3v) is 3.62. The van der Waals surface area contributed by atoms with Crippen molar-refractivity contribution in [3.05, 3.63) is 64.2 Å². The lowest BCUT2D eigenvalue weighted by Crippen LogP contribution is -2.25. The smallest absolute Gasteiger partial charge is 0.414 e. The molecule has 0 aliphatic heterocycles. The summed E-state index contributed by atoms with van der Waals surface area (Å²) in [5.74, 6) is 0.996. The van der Waals surface area contributed by atoms with Crippen LogP contribution in [0, 0.1) is 10.1 Å². The summed E-state index contributed by atoms with van der Waals surface area (Å²) >= 11 is 0. The van der Waals surface area contributed by atoms with Gasteiger partial charge in [0.25, 0.3) is 5.69 Å². The molecule has 2 aromatic rings. The molecule has 2 aromatic carbocycles. The first-order chi connectivity index (χ1) is 12.4. The Labute approximate surface area is 163 Å². The predicted octanol–water partition coefficient (Wildman–Crippen LogP) is 3.55. The van der Waals surface area contributed by atoms with Gasteiger partial charge in [-0.15, -0.1) is 12.4 Å². The highest BCUT2D eigenvalue weighted by molar-refractivity contribution is 5.85. The number of carbonyl (C=O) groups excluding carboxylic acids is 1. The summed E-state index contributed by atoms with van der Waals surface area (Å²) in [4.78, 5) is 23.0. The third-order valence-electron chi connectivity index (χ3n) is 3.62. The SMILES string of the molecule is CN(C)C(=O)Oc1ccc(C(N)CCOc2ccc([N+](=O)[O-])cc2)cc1.Cl. The molecule has 1 amide bonds. The van der Waals surface area contributed by atoms with E-state index in [2.05, 4.69) is 0 Å². The monoisotopic (exact) mass is 395 g/mol. The Hall–Kier alpha value is -2.84. The summed E-state index contributed by atoms with van der Waals surface area (Å²) in [5, 5.41) is 10.6. The summed E-state index contributed by atoms with van der Waals surface area (Å²) in [6.07, 6.45) is 0.118. The molecule has 0 spiro atoms. The van der Waals surface area contributed by atoms with Crippen LogP contribution >= 0.6 is 12.4 Å². The van der Waals surface area contributed by atoms with E-state index in [1.807, 2.05) is 0 Å². The fourth-order valence-electron chi connectivity index (χ4n) is 2.11. The molecule has 1 atom stereocenters. The van der Waals surface area contributed by atoms with Crippen molar-refractivity contribution in [3.8, 4) is 11.5 Å². The number of rotatable bonds is 7. The number of hydrogen-bond donors (Lipinski definition) is 1. The molecule has 0 aliphatic carbocycles. The molecule has 0 aromatic heterocycles. The summed E-state index contributed by atoms with van der Waals surface area (Å²) in [6.45, 7) is 0.371. The van der Waals surface area contributed by atoms with Gasteiger partial charge < -0.3 is 20.1 Å². The van der Waals surface area contributed by atoms with Crippen molar-refractivity contribution < 1.29 is 19.2 Å². The summed E-state index contributed by atoms with van der Waals surface area (Å²) in [5.41, 5.74) is 7.05. The van der Waals surface area contributed by atoms with Crippen LogP contribution in [0.3, 0.4) is 0 Å². The van der Waals surface area contributed by atoms with Crippen molar-refractivity contribution >= 4 is 24.2 Å². The summed E-state index contributed by atoms with van der Waals surface area (Å²) in [7, 11) is 3.22. The van der Waals surface area contributed by atoms with Crippen LogP contribution in [-0.2, 0) is 0 Å². The number of nitrogens with two attached hydrogens (primary N) is 1. The number of nitrogens with zero attached hydrogens (tertiary/aromatic N) is 2. The van der Waals surface area contributed by atoms with Gasteiger partial charge in [-0.2, -0.15) is 0 Å². The van der Waals surface area contributed by atoms with Gasteiger partial charge in [0.2, 0.25) is 0 Å². The number of ether oxygens (including phenoxy) is 2. The molecule has 0 saturated heterocycles. The fourth-order valence-corrected chi connectivity index (χ4v) is 2.11. The second kappa shape index (κ2) is 10.3. The zero-order chi connectivity index (χ0) is 19.1. The van der Waals surface area contributed by atoms with E-state index in [0.29, 0.717) is 24.5 Å². The van der Waals surface area contributed by atoms with E-state index in [1.54, 1.807) is 50.5 Å². The quantitative estimate of drug-likeness (QED) is 0.567. The molecule has 0 bridgehead atoms. The summed E-state index contributed by atoms with van der Waals surface area (Å²) in [6, 6.07) is 12.6. The molecular weight excluding hydrogens is 374 g/mol. The number of benzene rings is 2. The lowest BCUT2D eigenvalue weighted by Gasteiger charge is -2.14. The van der Waals surface area contributed by atoms with Crippen molar-refractivity contribution in [1.29, 1.82) is 0 Å². The van der Waals surface area contributed by atoms with Crippen LogP contribution in [0.15, 0.2) is 48.5 Å². The maximum atomic E-state index is 11.5. The van der Waals surface area contributed by atoms with E-state index in [-0.39, 0.29) is 24.1 Å². The number of nitro groups is 1. The van der Waals surface area contributed by atoms with Gasteiger partial charge in [0.05, 0.1) is 11.5 Å². The Morgan fingerprint density at radius 2 is 1.67 bits per heavy atom. The van der Waals surface area contributed by atoms with Crippen molar-refractivity contribution in [3.63, 3.8) is 0 Å². The predicted molar refractivity (Wildman–Crippen MR) is 104 cm³/mol. The Bertz CT molecular complexity index is 751. The normalized spacial score (nSPS) is 11.1. The van der Waals surface area contributed by atoms with Gasteiger partial charge >= 0.3 is 6.09 Å². The molecule has 0 radical (unpaired) electrons. The molecule has 0 aliphatic rings. The average Bonchev–Trinajstić information content (AvgIpc) is 2.62. The summed E-state index contributed by atoms with van der Waals surface area (Å²) < 4.78 is 10.7. The van der Waals surface area contributed by atoms with Crippen molar-refractivity contribution in [1.82, 2.24) is 4.90 Å². The Kier molecular flexibility index (Phi) is 8.50. The Balaban J connectivity index is 0.00000364. The minimum absolute atomic E-state index is 0. The van der Waals surface area contributed by atoms with Crippen LogP contribution in [0.5, 0.6) is 11.5 Å². The maximum Gasteiger partial charge on any atom is 0.414 e. The van der Waals surface area contributed by atoms with Crippen molar-refractivity contribution in [2.45, 2.75) is 12.5 Å². The van der Waals surface area contributed by atoms with E-state index >= 15 is 0 Å². The van der Waals surface area contributed by atoms with E-state index in [9.17, 15) is 14.9 Å².